The molecule has 4 aromatic rings. The number of aromatic nitrogens is 4. The molecule has 2 aromatic heterocycles. The standard InChI is InChI=1S/C23H18F3N5O2S/c1-33-18-6-4-5-17(13-18)31-21(19-7-2-3-12-27-19)29-30-22(31)34-14-20(32)28-16-10-8-15(9-11-16)23(24,25)26/h2-13H,14H2,1H3,(H,28,32). The third-order valence-electron chi connectivity index (χ3n) is 4.67. The summed E-state index contributed by atoms with van der Waals surface area (Å²) in [7, 11) is 1.56. The number of hydrogen-bond acceptors (Lipinski definition) is 6. The summed E-state index contributed by atoms with van der Waals surface area (Å²) in [6.45, 7) is 0. The molecular weight excluding hydrogens is 467 g/mol. The van der Waals surface area contributed by atoms with Crippen molar-refractivity contribution in [3.05, 3.63) is 78.5 Å². The molecule has 0 saturated heterocycles. The van der Waals surface area contributed by atoms with Crippen LogP contribution in [0.4, 0.5) is 18.9 Å². The Balaban J connectivity index is 1.55. The second kappa shape index (κ2) is 9.96. The first-order valence-electron chi connectivity index (χ1n) is 9.96. The Labute approximate surface area is 197 Å². The number of halogens is 3. The van der Waals surface area contributed by atoms with Crippen LogP contribution in [-0.4, -0.2) is 38.5 Å². The first-order valence-corrected chi connectivity index (χ1v) is 10.9. The van der Waals surface area contributed by atoms with Crippen molar-refractivity contribution in [2.75, 3.05) is 18.2 Å². The highest BCUT2D eigenvalue weighted by molar-refractivity contribution is 7.99. The predicted octanol–water partition coefficient (Wildman–Crippen LogP) is 5.09. The van der Waals surface area contributed by atoms with Crippen LogP contribution in [0.5, 0.6) is 5.75 Å². The number of thioether (sulfide) groups is 1. The number of carbonyl (C=O) groups is 1. The van der Waals surface area contributed by atoms with Gasteiger partial charge in [0.05, 0.1) is 24.1 Å². The first kappa shape index (κ1) is 23.3. The lowest BCUT2D eigenvalue weighted by Crippen LogP contribution is -2.15. The van der Waals surface area contributed by atoms with E-state index in [1.165, 1.54) is 12.1 Å². The number of methoxy groups -OCH3 is 1. The number of hydrogen-bond donors (Lipinski definition) is 1. The van der Waals surface area contributed by atoms with Gasteiger partial charge in [-0.2, -0.15) is 13.2 Å². The van der Waals surface area contributed by atoms with Crippen LogP contribution in [0.15, 0.2) is 78.1 Å². The highest BCUT2D eigenvalue weighted by atomic mass is 32.2. The quantitative estimate of drug-likeness (QED) is 0.368. The lowest BCUT2D eigenvalue weighted by Gasteiger charge is -2.11. The topological polar surface area (TPSA) is 81.9 Å². The highest BCUT2D eigenvalue weighted by Crippen LogP contribution is 2.31. The van der Waals surface area contributed by atoms with Gasteiger partial charge in [0, 0.05) is 18.0 Å². The van der Waals surface area contributed by atoms with E-state index in [4.69, 9.17) is 4.74 Å². The summed E-state index contributed by atoms with van der Waals surface area (Å²) >= 11 is 1.13. The Morgan fingerprint density at radius 3 is 2.53 bits per heavy atom. The van der Waals surface area contributed by atoms with Gasteiger partial charge in [0.2, 0.25) is 5.91 Å². The Kier molecular flexibility index (Phi) is 6.82. The van der Waals surface area contributed by atoms with Gasteiger partial charge in [-0.1, -0.05) is 23.9 Å². The monoisotopic (exact) mass is 485 g/mol. The number of amides is 1. The van der Waals surface area contributed by atoms with Crippen molar-refractivity contribution in [2.45, 2.75) is 11.3 Å². The lowest BCUT2D eigenvalue weighted by molar-refractivity contribution is -0.137. The summed E-state index contributed by atoms with van der Waals surface area (Å²) in [5.74, 6) is 0.684. The van der Waals surface area contributed by atoms with Crippen molar-refractivity contribution in [1.82, 2.24) is 19.7 Å². The fraction of sp³-hybridized carbons (Fsp3) is 0.130. The normalized spacial score (nSPS) is 11.3. The molecule has 1 amide bonds. The third-order valence-corrected chi connectivity index (χ3v) is 5.60. The van der Waals surface area contributed by atoms with Crippen molar-refractivity contribution in [3.63, 3.8) is 0 Å². The minimum atomic E-state index is -4.44. The number of pyridine rings is 1. The zero-order valence-electron chi connectivity index (χ0n) is 17.8. The maximum Gasteiger partial charge on any atom is 0.416 e. The van der Waals surface area contributed by atoms with Gasteiger partial charge in [0.15, 0.2) is 11.0 Å². The molecule has 34 heavy (non-hydrogen) atoms. The van der Waals surface area contributed by atoms with E-state index < -0.39 is 17.6 Å². The van der Waals surface area contributed by atoms with Crippen molar-refractivity contribution in [2.24, 2.45) is 0 Å². The van der Waals surface area contributed by atoms with E-state index in [1.54, 1.807) is 36.1 Å². The Morgan fingerprint density at radius 2 is 1.85 bits per heavy atom. The van der Waals surface area contributed by atoms with E-state index in [0.717, 1.165) is 29.6 Å². The van der Waals surface area contributed by atoms with Gasteiger partial charge in [-0.3, -0.25) is 14.3 Å². The molecule has 7 nitrogen and oxygen atoms in total. The largest absolute Gasteiger partial charge is 0.497 e. The van der Waals surface area contributed by atoms with Crippen molar-refractivity contribution in [3.8, 4) is 23.0 Å². The van der Waals surface area contributed by atoms with E-state index in [-0.39, 0.29) is 11.4 Å². The number of ether oxygens (including phenoxy) is 1. The molecule has 0 aliphatic heterocycles. The van der Waals surface area contributed by atoms with E-state index >= 15 is 0 Å². The molecule has 0 fully saturated rings. The Morgan fingerprint density at radius 1 is 1.06 bits per heavy atom. The van der Waals surface area contributed by atoms with Crippen LogP contribution in [0.25, 0.3) is 17.2 Å². The number of rotatable bonds is 7. The minimum Gasteiger partial charge on any atom is -0.497 e. The molecule has 4 rings (SSSR count). The van der Waals surface area contributed by atoms with Crippen LogP contribution < -0.4 is 10.1 Å². The summed E-state index contributed by atoms with van der Waals surface area (Å²) in [6, 6.07) is 17.0. The average Bonchev–Trinajstić information content (AvgIpc) is 3.27. The zero-order valence-corrected chi connectivity index (χ0v) is 18.6. The van der Waals surface area contributed by atoms with Gasteiger partial charge in [-0.25, -0.2) is 0 Å². The molecule has 0 radical (unpaired) electrons. The molecule has 1 N–H and O–H groups in total. The van der Waals surface area contributed by atoms with Crippen LogP contribution in [0.2, 0.25) is 0 Å². The third kappa shape index (κ3) is 5.37. The van der Waals surface area contributed by atoms with E-state index in [2.05, 4.69) is 20.5 Å². The second-order valence-corrected chi connectivity index (χ2v) is 7.91. The molecule has 2 aromatic carbocycles. The fourth-order valence-corrected chi connectivity index (χ4v) is 3.83. The molecular formula is C23H18F3N5O2S. The maximum absolute atomic E-state index is 12.7. The smallest absolute Gasteiger partial charge is 0.416 e. The maximum atomic E-state index is 12.7. The molecule has 0 aliphatic rings. The van der Waals surface area contributed by atoms with Crippen molar-refractivity contribution < 1.29 is 22.7 Å². The molecule has 0 aliphatic carbocycles. The molecule has 0 spiro atoms. The SMILES string of the molecule is COc1cccc(-n2c(SCC(=O)Nc3ccc(C(F)(F)F)cc3)nnc2-c2ccccn2)c1. The first-order chi connectivity index (χ1) is 16.3. The van der Waals surface area contributed by atoms with Crippen LogP contribution in [-0.2, 0) is 11.0 Å². The average molecular weight is 485 g/mol. The van der Waals surface area contributed by atoms with E-state index in [0.29, 0.717) is 22.4 Å². The molecule has 11 heteroatoms. The predicted molar refractivity (Wildman–Crippen MR) is 122 cm³/mol. The highest BCUT2D eigenvalue weighted by Gasteiger charge is 2.30. The Bertz CT molecular complexity index is 1280. The van der Waals surface area contributed by atoms with E-state index in [1.807, 2.05) is 24.3 Å². The molecule has 174 valence electrons. The van der Waals surface area contributed by atoms with Gasteiger partial charge < -0.3 is 10.1 Å². The summed E-state index contributed by atoms with van der Waals surface area (Å²) in [6.07, 6.45) is -2.79. The van der Waals surface area contributed by atoms with Crippen molar-refractivity contribution in [1.29, 1.82) is 0 Å². The molecule has 0 unspecified atom stereocenters. The molecule has 0 atom stereocenters. The van der Waals surface area contributed by atoms with Crippen LogP contribution in [0, 0.1) is 0 Å². The number of nitrogens with one attached hydrogen (secondary N) is 1. The molecule has 0 bridgehead atoms. The summed E-state index contributed by atoms with van der Waals surface area (Å²) < 4.78 is 45.3. The van der Waals surface area contributed by atoms with Crippen LogP contribution >= 0.6 is 11.8 Å². The van der Waals surface area contributed by atoms with Crippen LogP contribution in [0.1, 0.15) is 5.56 Å². The van der Waals surface area contributed by atoms with E-state index in [9.17, 15) is 18.0 Å². The second-order valence-electron chi connectivity index (χ2n) is 6.97. The number of nitrogens with zero attached hydrogens (tertiary/aromatic N) is 4. The van der Waals surface area contributed by atoms with Gasteiger partial charge in [0.1, 0.15) is 11.4 Å². The minimum absolute atomic E-state index is 0.0364. The lowest BCUT2D eigenvalue weighted by atomic mass is 10.2. The summed E-state index contributed by atoms with van der Waals surface area (Å²) in [5.41, 5.74) is 0.796. The number of benzene rings is 2. The number of alkyl halides is 3. The van der Waals surface area contributed by atoms with Gasteiger partial charge >= 0.3 is 6.18 Å². The molecule has 0 saturated carbocycles. The van der Waals surface area contributed by atoms with Crippen molar-refractivity contribution >= 4 is 23.4 Å². The van der Waals surface area contributed by atoms with Gasteiger partial charge in [0.25, 0.3) is 0 Å². The number of anilines is 1. The summed E-state index contributed by atoms with van der Waals surface area (Å²) in [4.78, 5) is 16.8. The summed E-state index contributed by atoms with van der Waals surface area (Å²) in [5, 5.41) is 11.5. The zero-order chi connectivity index (χ0) is 24.1. The number of carbonyl (C=O) groups excluding carboxylic acids is 1. The Hall–Kier alpha value is -3.86. The van der Waals surface area contributed by atoms with Gasteiger partial charge in [-0.05, 0) is 48.5 Å². The van der Waals surface area contributed by atoms with Gasteiger partial charge in [-0.15, -0.1) is 10.2 Å². The molecule has 2 heterocycles. The fourth-order valence-electron chi connectivity index (χ4n) is 3.08. The van der Waals surface area contributed by atoms with Crippen LogP contribution in [0.3, 0.4) is 0 Å².